The molecule has 6 nitrogen and oxygen atoms in total. The first-order chi connectivity index (χ1) is 16.1. The molecule has 0 aromatic carbocycles. The Bertz CT molecular complexity index is 959. The van der Waals surface area contributed by atoms with E-state index in [2.05, 4.69) is 34.4 Å². The molecule has 9 rings (SSSR count). The molecule has 8 saturated carbocycles. The summed E-state index contributed by atoms with van der Waals surface area (Å²) in [5, 5.41) is 6.19. The topological polar surface area (TPSA) is 84.0 Å². The van der Waals surface area contributed by atoms with E-state index in [1.54, 1.807) is 12.3 Å². The lowest BCUT2D eigenvalue weighted by molar-refractivity contribution is -0.150. The molecule has 182 valence electrons. The Morgan fingerprint density at radius 2 is 1.24 bits per heavy atom. The number of hydrogen-bond acceptors (Lipinski definition) is 4. The van der Waals surface area contributed by atoms with Crippen molar-refractivity contribution < 1.29 is 9.59 Å². The van der Waals surface area contributed by atoms with Gasteiger partial charge in [-0.05, 0) is 118 Å². The molecule has 0 saturated heterocycles. The summed E-state index contributed by atoms with van der Waals surface area (Å²) in [5.41, 5.74) is 0.116. The molecule has 0 spiro atoms. The van der Waals surface area contributed by atoms with Gasteiger partial charge in [-0.1, -0.05) is 13.8 Å². The van der Waals surface area contributed by atoms with Crippen molar-refractivity contribution in [2.45, 2.75) is 90.9 Å². The van der Waals surface area contributed by atoms with Crippen molar-refractivity contribution in [3.8, 4) is 0 Å². The molecule has 8 fully saturated rings. The number of rotatable bonds is 4. The average molecular weight is 463 g/mol. The Morgan fingerprint density at radius 1 is 0.765 bits per heavy atom. The van der Waals surface area contributed by atoms with Crippen molar-refractivity contribution in [2.75, 3.05) is 10.6 Å². The van der Waals surface area contributed by atoms with Gasteiger partial charge >= 0.3 is 0 Å². The number of carbonyl (C=O) groups is 2. The van der Waals surface area contributed by atoms with E-state index in [0.717, 1.165) is 38.5 Å². The summed E-state index contributed by atoms with van der Waals surface area (Å²) in [4.78, 5) is 36.0. The molecule has 1 heterocycles. The van der Waals surface area contributed by atoms with Crippen LogP contribution in [0.15, 0.2) is 12.3 Å². The Labute approximate surface area is 202 Å². The van der Waals surface area contributed by atoms with Gasteiger partial charge in [-0.15, -0.1) is 0 Å². The first-order valence-electron chi connectivity index (χ1n) is 13.6. The van der Waals surface area contributed by atoms with Crippen molar-refractivity contribution in [2.24, 2.45) is 45.3 Å². The molecule has 2 amide bonds. The van der Waals surface area contributed by atoms with E-state index in [0.29, 0.717) is 46.3 Å². The van der Waals surface area contributed by atoms with Crippen LogP contribution in [0.1, 0.15) is 90.9 Å². The van der Waals surface area contributed by atoms with Crippen LogP contribution in [0.2, 0.25) is 0 Å². The number of anilines is 2. The van der Waals surface area contributed by atoms with Crippen LogP contribution in [-0.2, 0) is 9.59 Å². The minimum Gasteiger partial charge on any atom is -0.310 e. The van der Waals surface area contributed by atoms with Crippen LogP contribution < -0.4 is 10.6 Å². The van der Waals surface area contributed by atoms with Gasteiger partial charge in [0.25, 0.3) is 0 Å². The molecule has 0 radical (unpaired) electrons. The number of aromatic nitrogens is 2. The second-order valence-corrected chi connectivity index (χ2v) is 14.3. The van der Waals surface area contributed by atoms with Gasteiger partial charge in [0.1, 0.15) is 5.82 Å². The van der Waals surface area contributed by atoms with Gasteiger partial charge < -0.3 is 5.32 Å². The van der Waals surface area contributed by atoms with Crippen LogP contribution in [-0.4, -0.2) is 21.8 Å². The summed E-state index contributed by atoms with van der Waals surface area (Å²) in [6, 6.07) is 1.75. The van der Waals surface area contributed by atoms with Crippen molar-refractivity contribution >= 4 is 23.6 Å². The lowest BCUT2D eigenvalue weighted by Crippen LogP contribution is -2.55. The van der Waals surface area contributed by atoms with Gasteiger partial charge in [0, 0.05) is 6.20 Å². The maximum absolute atomic E-state index is 13.5. The van der Waals surface area contributed by atoms with Gasteiger partial charge in [0.2, 0.25) is 17.8 Å². The third-order valence-corrected chi connectivity index (χ3v) is 10.8. The lowest BCUT2D eigenvalue weighted by atomic mass is 9.44. The number of nitrogens with zero attached hydrogens (tertiary/aromatic N) is 2. The normalized spacial score (nSPS) is 47.6. The third-order valence-electron chi connectivity index (χ3n) is 10.8. The Kier molecular flexibility index (Phi) is 4.28. The number of hydrogen-bond donors (Lipinski definition) is 2. The van der Waals surface area contributed by atoms with Gasteiger partial charge in [0.05, 0.1) is 10.8 Å². The molecule has 34 heavy (non-hydrogen) atoms. The Morgan fingerprint density at radius 3 is 1.71 bits per heavy atom. The molecule has 1 aromatic rings. The zero-order valence-electron chi connectivity index (χ0n) is 20.7. The van der Waals surface area contributed by atoms with E-state index in [1.807, 2.05) is 0 Å². The number of carbonyl (C=O) groups excluding carboxylic acids is 2. The summed E-state index contributed by atoms with van der Waals surface area (Å²) in [5.74, 6) is 3.80. The van der Waals surface area contributed by atoms with Gasteiger partial charge in [-0.25, -0.2) is 4.98 Å². The van der Waals surface area contributed by atoms with Crippen LogP contribution >= 0.6 is 0 Å². The van der Waals surface area contributed by atoms with E-state index in [1.165, 1.54) is 38.5 Å². The molecular weight excluding hydrogens is 424 g/mol. The molecule has 0 aliphatic heterocycles. The fraction of sp³-hybridized carbons (Fsp3) is 0.786. The van der Waals surface area contributed by atoms with E-state index in [9.17, 15) is 9.59 Å². The molecule has 1 aromatic heterocycles. The van der Waals surface area contributed by atoms with Gasteiger partial charge in [0.15, 0.2) is 0 Å². The zero-order valence-corrected chi connectivity index (χ0v) is 20.7. The lowest BCUT2D eigenvalue weighted by Gasteiger charge is -2.60. The summed E-state index contributed by atoms with van der Waals surface area (Å²) in [7, 11) is 0. The summed E-state index contributed by atoms with van der Waals surface area (Å²) in [6.45, 7) is 4.76. The molecule has 8 bridgehead atoms. The molecule has 8 aliphatic carbocycles. The standard InChI is InChI=1S/C28H38N4O2/c1-25-7-17-5-18(8-25)12-27(11-17,15-25)22(33)30-21-3-4-29-24(31-21)32-23(34)28-13-19-6-20(14-28)10-26(2,9-19)16-28/h3-4,17-20H,5-16H2,1-2H3,(H2,29,30,31,32,33,34). The second-order valence-electron chi connectivity index (χ2n) is 14.3. The van der Waals surface area contributed by atoms with E-state index >= 15 is 0 Å². The van der Waals surface area contributed by atoms with Crippen molar-refractivity contribution in [3.05, 3.63) is 12.3 Å². The highest BCUT2D eigenvalue weighted by Gasteiger charge is 2.60. The molecular formula is C28H38N4O2. The highest BCUT2D eigenvalue weighted by molar-refractivity contribution is 5.96. The fourth-order valence-corrected chi connectivity index (χ4v) is 10.9. The third kappa shape index (κ3) is 3.26. The molecule has 8 aliphatic rings. The highest BCUT2D eigenvalue weighted by atomic mass is 16.2. The number of nitrogens with one attached hydrogen (secondary N) is 2. The Hall–Kier alpha value is -1.98. The highest BCUT2D eigenvalue weighted by Crippen LogP contribution is 2.66. The van der Waals surface area contributed by atoms with Crippen LogP contribution in [0, 0.1) is 45.3 Å². The van der Waals surface area contributed by atoms with Gasteiger partial charge in [-0.2, -0.15) is 4.98 Å². The minimum absolute atomic E-state index is 0.0883. The molecule has 4 unspecified atom stereocenters. The van der Waals surface area contributed by atoms with Crippen LogP contribution in [0.5, 0.6) is 0 Å². The van der Waals surface area contributed by atoms with Crippen LogP contribution in [0.4, 0.5) is 11.8 Å². The monoisotopic (exact) mass is 462 g/mol. The quantitative estimate of drug-likeness (QED) is 0.613. The first-order valence-corrected chi connectivity index (χ1v) is 13.6. The van der Waals surface area contributed by atoms with E-state index in [-0.39, 0.29) is 22.6 Å². The largest absolute Gasteiger partial charge is 0.310 e. The summed E-state index contributed by atoms with van der Waals surface area (Å²) in [6.07, 6.45) is 15.4. The molecule has 6 heteroatoms. The predicted octanol–water partition coefficient (Wildman–Crippen LogP) is 5.57. The fourth-order valence-electron chi connectivity index (χ4n) is 10.9. The van der Waals surface area contributed by atoms with E-state index in [4.69, 9.17) is 0 Å². The molecule has 2 N–H and O–H groups in total. The van der Waals surface area contributed by atoms with Crippen molar-refractivity contribution in [1.82, 2.24) is 9.97 Å². The SMILES string of the molecule is CC12CC3CC(C1)CC(C(=O)Nc1ccnc(NC(=O)C45CC6CC(CC(C)(C6)C4)C5)n1)(C3)C2. The average Bonchev–Trinajstić information content (AvgIpc) is 2.70. The van der Waals surface area contributed by atoms with Crippen LogP contribution in [0.3, 0.4) is 0 Å². The second kappa shape index (κ2) is 6.82. The minimum atomic E-state index is -0.268. The first kappa shape index (κ1) is 21.3. The van der Waals surface area contributed by atoms with Gasteiger partial charge in [-0.3, -0.25) is 14.9 Å². The Balaban J connectivity index is 1.07. The van der Waals surface area contributed by atoms with Crippen molar-refractivity contribution in [1.29, 1.82) is 0 Å². The van der Waals surface area contributed by atoms with Crippen LogP contribution in [0.25, 0.3) is 0 Å². The zero-order chi connectivity index (χ0) is 23.3. The predicted molar refractivity (Wildman–Crippen MR) is 130 cm³/mol. The number of amides is 2. The smallest absolute Gasteiger partial charge is 0.232 e. The van der Waals surface area contributed by atoms with Crippen molar-refractivity contribution in [3.63, 3.8) is 0 Å². The molecule has 4 atom stereocenters. The summed E-state index contributed by atoms with van der Waals surface area (Å²) < 4.78 is 0. The van der Waals surface area contributed by atoms with E-state index < -0.39 is 0 Å². The maximum Gasteiger partial charge on any atom is 0.232 e. The maximum atomic E-state index is 13.5. The summed E-state index contributed by atoms with van der Waals surface area (Å²) >= 11 is 0.